The van der Waals surface area contributed by atoms with Gasteiger partial charge in [0, 0.05) is 44.1 Å². The first-order chi connectivity index (χ1) is 14.7. The Labute approximate surface area is 183 Å². The molecule has 31 heavy (non-hydrogen) atoms. The molecule has 168 valence electrons. The maximum atomic E-state index is 13.3. The van der Waals surface area contributed by atoms with Gasteiger partial charge < -0.3 is 15.4 Å². The van der Waals surface area contributed by atoms with E-state index in [1.807, 2.05) is 36.7 Å². The number of imidazole rings is 1. The van der Waals surface area contributed by atoms with Gasteiger partial charge in [-0.3, -0.25) is 23.5 Å². The van der Waals surface area contributed by atoms with Crippen molar-refractivity contribution in [3.05, 3.63) is 43.8 Å². The number of H-pyrrole nitrogens is 1. The maximum absolute atomic E-state index is 13.3. The fourth-order valence-corrected chi connectivity index (χ4v) is 4.35. The topological polar surface area (TPSA) is 128 Å². The molecule has 0 spiro atoms. The standard InChI is InChI=1S/C20H28N6O4S/c1-12(2)9-26-17(21)16(18(28)23-19(26)29)24(6-5-7-30-4)15(27)8-14-11-31-20-22-13(3)10-25(14)20/h10-12H,5-9,21H2,1-4H3,(H,23,28,29). The number of methoxy groups -OCH3 is 1. The van der Waals surface area contributed by atoms with Gasteiger partial charge in [-0.1, -0.05) is 13.8 Å². The summed E-state index contributed by atoms with van der Waals surface area (Å²) in [6.07, 6.45) is 2.44. The van der Waals surface area contributed by atoms with Crippen LogP contribution in [0.1, 0.15) is 31.7 Å². The molecular formula is C20H28N6O4S. The number of thiazole rings is 1. The van der Waals surface area contributed by atoms with E-state index in [4.69, 9.17) is 10.5 Å². The molecule has 0 saturated heterocycles. The van der Waals surface area contributed by atoms with Crippen molar-refractivity contribution in [3.63, 3.8) is 0 Å². The van der Waals surface area contributed by atoms with Gasteiger partial charge in [0.2, 0.25) is 5.91 Å². The third kappa shape index (κ3) is 4.88. The Morgan fingerprint density at radius 2 is 2.13 bits per heavy atom. The minimum Gasteiger partial charge on any atom is -0.385 e. The number of ether oxygens (including phenoxy) is 1. The highest BCUT2D eigenvalue weighted by Crippen LogP contribution is 2.22. The number of nitrogens with zero attached hydrogens (tertiary/aromatic N) is 4. The second-order valence-electron chi connectivity index (χ2n) is 7.83. The zero-order valence-corrected chi connectivity index (χ0v) is 19.0. The zero-order valence-electron chi connectivity index (χ0n) is 18.2. The van der Waals surface area contributed by atoms with Crippen LogP contribution in [0.4, 0.5) is 11.5 Å². The normalized spacial score (nSPS) is 11.5. The average molecular weight is 449 g/mol. The summed E-state index contributed by atoms with van der Waals surface area (Å²) in [6, 6.07) is 0. The molecule has 3 rings (SSSR count). The molecule has 1 amide bonds. The fourth-order valence-electron chi connectivity index (χ4n) is 3.43. The van der Waals surface area contributed by atoms with E-state index in [-0.39, 0.29) is 36.3 Å². The number of aromatic nitrogens is 4. The second kappa shape index (κ2) is 9.48. The number of nitrogen functional groups attached to an aromatic ring is 1. The van der Waals surface area contributed by atoms with Gasteiger partial charge in [0.25, 0.3) is 5.56 Å². The van der Waals surface area contributed by atoms with E-state index < -0.39 is 11.2 Å². The number of nitrogens with one attached hydrogen (secondary N) is 1. The number of rotatable bonds is 9. The Bertz CT molecular complexity index is 1190. The lowest BCUT2D eigenvalue weighted by Crippen LogP contribution is -2.42. The Balaban J connectivity index is 2.01. The predicted molar refractivity (Wildman–Crippen MR) is 121 cm³/mol. The third-order valence-corrected chi connectivity index (χ3v) is 5.69. The van der Waals surface area contributed by atoms with Crippen LogP contribution in [0.5, 0.6) is 0 Å². The Morgan fingerprint density at radius 3 is 2.81 bits per heavy atom. The second-order valence-corrected chi connectivity index (χ2v) is 8.66. The van der Waals surface area contributed by atoms with Gasteiger partial charge in [0.15, 0.2) is 10.6 Å². The molecule has 3 N–H and O–H groups in total. The quantitative estimate of drug-likeness (QED) is 0.476. The van der Waals surface area contributed by atoms with Gasteiger partial charge in [0.05, 0.1) is 12.1 Å². The molecule has 0 atom stereocenters. The monoisotopic (exact) mass is 448 g/mol. The molecule has 0 aliphatic heterocycles. The van der Waals surface area contributed by atoms with E-state index in [0.29, 0.717) is 19.6 Å². The summed E-state index contributed by atoms with van der Waals surface area (Å²) >= 11 is 1.45. The van der Waals surface area contributed by atoms with Crippen LogP contribution >= 0.6 is 11.3 Å². The summed E-state index contributed by atoms with van der Waals surface area (Å²) in [7, 11) is 1.57. The van der Waals surface area contributed by atoms with Crippen molar-refractivity contribution in [2.24, 2.45) is 5.92 Å². The molecule has 10 nitrogen and oxygen atoms in total. The Hall–Kier alpha value is -2.92. The highest BCUT2D eigenvalue weighted by atomic mass is 32.1. The molecule has 0 bridgehead atoms. The number of carbonyl (C=O) groups is 1. The Morgan fingerprint density at radius 1 is 1.39 bits per heavy atom. The van der Waals surface area contributed by atoms with Gasteiger partial charge in [-0.25, -0.2) is 9.78 Å². The number of aryl methyl sites for hydroxylation is 1. The molecule has 0 aliphatic carbocycles. The lowest BCUT2D eigenvalue weighted by Gasteiger charge is -2.25. The van der Waals surface area contributed by atoms with Crippen LogP contribution in [0.25, 0.3) is 4.96 Å². The molecular weight excluding hydrogens is 420 g/mol. The van der Waals surface area contributed by atoms with Crippen molar-refractivity contribution in [2.75, 3.05) is 30.9 Å². The van der Waals surface area contributed by atoms with Crippen LogP contribution in [0, 0.1) is 12.8 Å². The van der Waals surface area contributed by atoms with Gasteiger partial charge >= 0.3 is 5.69 Å². The van der Waals surface area contributed by atoms with Crippen LogP contribution in [0.15, 0.2) is 21.2 Å². The van der Waals surface area contributed by atoms with Crippen LogP contribution in [-0.4, -0.2) is 45.1 Å². The van der Waals surface area contributed by atoms with E-state index in [1.165, 1.54) is 20.8 Å². The van der Waals surface area contributed by atoms with E-state index in [1.54, 1.807) is 7.11 Å². The van der Waals surface area contributed by atoms with Crippen LogP contribution in [0.2, 0.25) is 0 Å². The third-order valence-electron chi connectivity index (χ3n) is 4.80. The van der Waals surface area contributed by atoms with Crippen molar-refractivity contribution < 1.29 is 9.53 Å². The number of anilines is 2. The number of hydrogen-bond donors (Lipinski definition) is 2. The van der Waals surface area contributed by atoms with Gasteiger partial charge in [-0.2, -0.15) is 0 Å². The van der Waals surface area contributed by atoms with Crippen LogP contribution in [-0.2, 0) is 22.5 Å². The number of carbonyl (C=O) groups excluding carboxylic acids is 1. The molecule has 0 saturated carbocycles. The van der Waals surface area contributed by atoms with Crippen molar-refractivity contribution in [1.82, 2.24) is 18.9 Å². The van der Waals surface area contributed by atoms with Crippen molar-refractivity contribution in [3.8, 4) is 0 Å². The highest BCUT2D eigenvalue weighted by Gasteiger charge is 2.25. The number of fused-ring (bicyclic) bond motifs is 1. The molecule has 0 unspecified atom stereocenters. The van der Waals surface area contributed by atoms with Crippen molar-refractivity contribution in [2.45, 2.75) is 40.2 Å². The van der Waals surface area contributed by atoms with Gasteiger partial charge in [0.1, 0.15) is 5.82 Å². The zero-order chi connectivity index (χ0) is 22.7. The van der Waals surface area contributed by atoms with E-state index >= 15 is 0 Å². The first kappa shape index (κ1) is 22.8. The molecule has 11 heteroatoms. The summed E-state index contributed by atoms with van der Waals surface area (Å²) in [5.41, 5.74) is 6.61. The smallest absolute Gasteiger partial charge is 0.330 e. The summed E-state index contributed by atoms with van der Waals surface area (Å²) in [4.78, 5) is 47.2. The van der Waals surface area contributed by atoms with E-state index in [9.17, 15) is 14.4 Å². The van der Waals surface area contributed by atoms with E-state index in [0.717, 1.165) is 16.3 Å². The molecule has 3 aromatic rings. The van der Waals surface area contributed by atoms with Gasteiger partial charge in [-0.15, -0.1) is 11.3 Å². The summed E-state index contributed by atoms with van der Waals surface area (Å²) in [5.74, 6) is -0.184. The minimum absolute atomic E-state index is 0.00496. The van der Waals surface area contributed by atoms with Gasteiger partial charge in [-0.05, 0) is 19.3 Å². The number of nitrogens with two attached hydrogens (primary N) is 1. The summed E-state index contributed by atoms with van der Waals surface area (Å²) in [5, 5.41) is 1.88. The molecule has 3 heterocycles. The fraction of sp³-hybridized carbons (Fsp3) is 0.500. The molecule has 0 aromatic carbocycles. The molecule has 0 fully saturated rings. The number of aromatic amines is 1. The minimum atomic E-state index is -0.679. The van der Waals surface area contributed by atoms with Crippen molar-refractivity contribution in [1.29, 1.82) is 0 Å². The lowest BCUT2D eigenvalue weighted by molar-refractivity contribution is -0.118. The summed E-state index contributed by atoms with van der Waals surface area (Å²) in [6.45, 7) is 6.74. The predicted octanol–water partition coefficient (Wildman–Crippen LogP) is 1.40. The van der Waals surface area contributed by atoms with Crippen molar-refractivity contribution >= 4 is 33.7 Å². The first-order valence-corrected chi connectivity index (χ1v) is 10.9. The first-order valence-electron chi connectivity index (χ1n) is 10.1. The van der Waals surface area contributed by atoms with E-state index in [2.05, 4.69) is 9.97 Å². The Kier molecular flexibility index (Phi) is 6.96. The molecule has 0 radical (unpaired) electrons. The maximum Gasteiger partial charge on any atom is 0.330 e. The average Bonchev–Trinajstić information content (AvgIpc) is 3.23. The molecule has 0 aliphatic rings. The SMILES string of the molecule is COCCCN(C(=O)Cc1csc2nc(C)cn12)c1c(N)n(CC(C)C)c(=O)[nH]c1=O. The molecule has 3 aromatic heterocycles. The van der Waals surface area contributed by atoms with Crippen LogP contribution < -0.4 is 21.9 Å². The lowest BCUT2D eigenvalue weighted by atomic mass is 10.2. The van der Waals surface area contributed by atoms with Crippen LogP contribution in [0.3, 0.4) is 0 Å². The largest absolute Gasteiger partial charge is 0.385 e. The number of hydrogen-bond acceptors (Lipinski definition) is 7. The summed E-state index contributed by atoms with van der Waals surface area (Å²) < 4.78 is 8.29. The number of amides is 1. The highest BCUT2D eigenvalue weighted by molar-refractivity contribution is 7.15.